The molecule has 0 aliphatic rings. The summed E-state index contributed by atoms with van der Waals surface area (Å²) >= 11 is 4.90. The smallest absolute Gasteiger partial charge is 0.269 e. The topological polar surface area (TPSA) is 92.6 Å². The van der Waals surface area contributed by atoms with E-state index in [-0.39, 0.29) is 23.3 Å². The molecule has 0 unspecified atom stereocenters. The Hall–Kier alpha value is -3.17. The molecule has 1 N–H and O–H groups in total. The van der Waals surface area contributed by atoms with Crippen LogP contribution in [-0.4, -0.2) is 40.0 Å². The maximum atomic E-state index is 13.5. The molecule has 0 aliphatic heterocycles. The molecule has 0 saturated heterocycles. The van der Waals surface area contributed by atoms with Gasteiger partial charge in [-0.2, -0.15) is 0 Å². The molecule has 0 aromatic heterocycles. The average molecular weight is 571 g/mol. The van der Waals surface area contributed by atoms with Crippen LogP contribution in [0.3, 0.4) is 0 Å². The molecule has 7 nitrogen and oxygen atoms in total. The van der Waals surface area contributed by atoms with Gasteiger partial charge in [0.2, 0.25) is 11.8 Å². The first-order valence-electron chi connectivity index (χ1n) is 11.5. The number of hydrogen-bond acceptors (Lipinski definition) is 5. The third-order valence-electron chi connectivity index (χ3n) is 5.51. The van der Waals surface area contributed by atoms with Gasteiger partial charge in [0, 0.05) is 41.9 Å². The van der Waals surface area contributed by atoms with E-state index in [1.165, 1.54) is 23.9 Å². The molecule has 9 heteroatoms. The van der Waals surface area contributed by atoms with Crippen LogP contribution in [-0.2, 0) is 28.3 Å². The van der Waals surface area contributed by atoms with Gasteiger partial charge in [0.05, 0.1) is 10.7 Å². The van der Waals surface area contributed by atoms with Crippen molar-refractivity contribution in [1.29, 1.82) is 0 Å². The van der Waals surface area contributed by atoms with Gasteiger partial charge < -0.3 is 10.2 Å². The molecule has 0 aliphatic carbocycles. The highest BCUT2D eigenvalue weighted by atomic mass is 79.9. The molecule has 0 fully saturated rings. The van der Waals surface area contributed by atoms with Gasteiger partial charge >= 0.3 is 0 Å². The summed E-state index contributed by atoms with van der Waals surface area (Å²) in [6, 6.07) is 23.0. The molecule has 2 amide bonds. The predicted octanol–water partition coefficient (Wildman–Crippen LogP) is 5.37. The number of carbonyl (C=O) groups is 2. The maximum Gasteiger partial charge on any atom is 0.269 e. The fraction of sp³-hybridized carbons (Fsp3) is 0.259. The lowest BCUT2D eigenvalue weighted by atomic mass is 10.0. The second-order valence-electron chi connectivity index (χ2n) is 8.17. The minimum absolute atomic E-state index is 0.0331. The summed E-state index contributed by atoms with van der Waals surface area (Å²) in [5.41, 5.74) is 2.81. The van der Waals surface area contributed by atoms with Gasteiger partial charge in [0.25, 0.3) is 5.69 Å². The van der Waals surface area contributed by atoms with Crippen molar-refractivity contribution in [3.05, 3.63) is 110 Å². The number of halogens is 1. The highest BCUT2D eigenvalue weighted by Gasteiger charge is 2.30. The van der Waals surface area contributed by atoms with Crippen LogP contribution in [0.15, 0.2) is 83.3 Å². The minimum atomic E-state index is -0.668. The van der Waals surface area contributed by atoms with Crippen LogP contribution < -0.4 is 5.32 Å². The number of hydrogen-bond donors (Lipinski definition) is 1. The van der Waals surface area contributed by atoms with Gasteiger partial charge in [-0.15, -0.1) is 11.8 Å². The standard InChI is InChI=1S/C27H28BrN3O4S/c1-2-29-27(33)25(16-20-7-4-3-5-8-20)30(17-22-9-6-10-23(28)15-22)26(32)19-36-18-21-11-13-24(14-12-21)31(34)35/h3-15,25H,2,16-19H2,1H3,(H,29,33)/t25-/m1/s1. The first-order chi connectivity index (χ1) is 17.4. The van der Waals surface area contributed by atoms with Gasteiger partial charge in [0.15, 0.2) is 0 Å². The largest absolute Gasteiger partial charge is 0.355 e. The number of thioether (sulfide) groups is 1. The predicted molar refractivity (Wildman–Crippen MR) is 147 cm³/mol. The molecule has 3 rings (SSSR count). The monoisotopic (exact) mass is 569 g/mol. The van der Waals surface area contributed by atoms with Crippen molar-refractivity contribution >= 4 is 45.2 Å². The Morgan fingerprint density at radius 3 is 2.33 bits per heavy atom. The van der Waals surface area contributed by atoms with E-state index >= 15 is 0 Å². The lowest BCUT2D eigenvalue weighted by Gasteiger charge is -2.31. The maximum absolute atomic E-state index is 13.5. The van der Waals surface area contributed by atoms with E-state index in [9.17, 15) is 19.7 Å². The molecular weight excluding hydrogens is 542 g/mol. The van der Waals surface area contributed by atoms with E-state index in [0.717, 1.165) is 21.2 Å². The number of nitro benzene ring substituents is 1. The summed E-state index contributed by atoms with van der Waals surface area (Å²) < 4.78 is 0.901. The summed E-state index contributed by atoms with van der Waals surface area (Å²) in [5, 5.41) is 13.8. The Balaban J connectivity index is 1.79. The van der Waals surface area contributed by atoms with Gasteiger partial charge in [0.1, 0.15) is 6.04 Å². The number of nitrogens with zero attached hydrogens (tertiary/aromatic N) is 2. The zero-order valence-electron chi connectivity index (χ0n) is 19.9. The number of carbonyl (C=O) groups excluding carboxylic acids is 2. The van der Waals surface area contributed by atoms with E-state index in [2.05, 4.69) is 21.2 Å². The number of rotatable bonds is 12. The van der Waals surface area contributed by atoms with Crippen LogP contribution in [0.2, 0.25) is 0 Å². The molecule has 36 heavy (non-hydrogen) atoms. The Morgan fingerprint density at radius 1 is 1.00 bits per heavy atom. The molecular formula is C27H28BrN3O4S. The highest BCUT2D eigenvalue weighted by Crippen LogP contribution is 2.21. The zero-order valence-corrected chi connectivity index (χ0v) is 22.3. The third-order valence-corrected chi connectivity index (χ3v) is 6.99. The van der Waals surface area contributed by atoms with Crippen LogP contribution in [0.1, 0.15) is 23.6 Å². The lowest BCUT2D eigenvalue weighted by molar-refractivity contribution is -0.384. The van der Waals surface area contributed by atoms with Crippen molar-refractivity contribution in [2.75, 3.05) is 12.3 Å². The van der Waals surface area contributed by atoms with E-state index in [0.29, 0.717) is 25.3 Å². The van der Waals surface area contributed by atoms with Gasteiger partial charge in [-0.1, -0.05) is 70.5 Å². The van der Waals surface area contributed by atoms with Crippen LogP contribution in [0.25, 0.3) is 0 Å². The number of likely N-dealkylation sites (N-methyl/N-ethyl adjacent to an activating group) is 1. The molecule has 188 valence electrons. The quantitative estimate of drug-likeness (QED) is 0.234. The van der Waals surface area contributed by atoms with E-state index in [1.54, 1.807) is 17.0 Å². The van der Waals surface area contributed by atoms with Gasteiger partial charge in [-0.05, 0) is 35.7 Å². The number of amides is 2. The second kappa shape index (κ2) is 13.8. The number of non-ortho nitro benzene ring substituents is 1. The number of benzene rings is 3. The lowest BCUT2D eigenvalue weighted by Crippen LogP contribution is -2.51. The zero-order chi connectivity index (χ0) is 25.9. The minimum Gasteiger partial charge on any atom is -0.355 e. The molecule has 3 aromatic rings. The van der Waals surface area contributed by atoms with E-state index < -0.39 is 11.0 Å². The van der Waals surface area contributed by atoms with Crippen molar-refractivity contribution in [2.24, 2.45) is 0 Å². The normalized spacial score (nSPS) is 11.5. The van der Waals surface area contributed by atoms with Crippen molar-refractivity contribution < 1.29 is 14.5 Å². The first kappa shape index (κ1) is 27.4. The molecule has 0 spiro atoms. The Labute approximate surface area is 223 Å². The second-order valence-corrected chi connectivity index (χ2v) is 10.1. The van der Waals surface area contributed by atoms with Crippen LogP contribution in [0.4, 0.5) is 5.69 Å². The van der Waals surface area contributed by atoms with Crippen molar-refractivity contribution in [1.82, 2.24) is 10.2 Å². The van der Waals surface area contributed by atoms with E-state index in [1.807, 2.05) is 61.5 Å². The number of nitrogens with one attached hydrogen (secondary N) is 1. The highest BCUT2D eigenvalue weighted by molar-refractivity contribution is 9.10. The SMILES string of the molecule is CCNC(=O)[C@@H](Cc1ccccc1)N(Cc1cccc(Br)c1)C(=O)CSCc1ccc([N+](=O)[O-])cc1. The van der Waals surface area contributed by atoms with Gasteiger partial charge in [-0.25, -0.2) is 0 Å². The molecule has 3 aromatic carbocycles. The average Bonchev–Trinajstić information content (AvgIpc) is 2.87. The molecule has 1 atom stereocenters. The van der Waals surface area contributed by atoms with Crippen molar-refractivity contribution in [3.63, 3.8) is 0 Å². The summed E-state index contributed by atoms with van der Waals surface area (Å²) in [6.45, 7) is 2.63. The molecule has 0 radical (unpaired) electrons. The Kier molecular flexibility index (Phi) is 10.5. The van der Waals surface area contributed by atoms with Crippen molar-refractivity contribution in [3.8, 4) is 0 Å². The van der Waals surface area contributed by atoms with Crippen LogP contribution in [0.5, 0.6) is 0 Å². The fourth-order valence-corrected chi connectivity index (χ4v) is 5.05. The van der Waals surface area contributed by atoms with Crippen molar-refractivity contribution in [2.45, 2.75) is 31.7 Å². The Bertz CT molecular complexity index is 1180. The van der Waals surface area contributed by atoms with Gasteiger partial charge in [-0.3, -0.25) is 19.7 Å². The van der Waals surface area contributed by atoms with Crippen LogP contribution in [0, 0.1) is 10.1 Å². The third kappa shape index (κ3) is 8.20. The molecule has 0 heterocycles. The molecule has 0 saturated carbocycles. The Morgan fingerprint density at radius 2 is 1.69 bits per heavy atom. The first-order valence-corrected chi connectivity index (χ1v) is 13.5. The fourth-order valence-electron chi connectivity index (χ4n) is 3.73. The summed E-state index contributed by atoms with van der Waals surface area (Å²) in [6.07, 6.45) is 0.402. The number of nitro groups is 1. The summed E-state index contributed by atoms with van der Waals surface area (Å²) in [7, 11) is 0. The van der Waals surface area contributed by atoms with Crippen LogP contribution >= 0.6 is 27.7 Å². The van der Waals surface area contributed by atoms with E-state index in [4.69, 9.17) is 0 Å². The summed E-state index contributed by atoms with van der Waals surface area (Å²) in [4.78, 5) is 38.8. The summed E-state index contributed by atoms with van der Waals surface area (Å²) in [5.74, 6) is 0.369. The molecule has 0 bridgehead atoms.